The van der Waals surface area contributed by atoms with E-state index in [1.54, 1.807) is 13.3 Å². The van der Waals surface area contributed by atoms with Crippen LogP contribution in [0, 0.1) is 0 Å². The van der Waals surface area contributed by atoms with Crippen molar-refractivity contribution in [1.29, 1.82) is 0 Å². The van der Waals surface area contributed by atoms with Gasteiger partial charge in [0, 0.05) is 24.1 Å². The van der Waals surface area contributed by atoms with Crippen molar-refractivity contribution in [2.24, 2.45) is 0 Å². The third-order valence-corrected chi connectivity index (χ3v) is 4.17. The molecule has 1 amide bonds. The number of methoxy groups -OCH3 is 1. The Morgan fingerprint density at radius 3 is 2.65 bits per heavy atom. The minimum Gasteiger partial charge on any atom is -0.497 e. The summed E-state index contributed by atoms with van der Waals surface area (Å²) >= 11 is 0. The van der Waals surface area contributed by atoms with Crippen LogP contribution in [0.1, 0.15) is 24.8 Å². The first-order valence-corrected chi connectivity index (χ1v) is 8.66. The second-order valence-corrected chi connectivity index (χ2v) is 5.91. The van der Waals surface area contributed by atoms with Crippen LogP contribution < -0.4 is 10.1 Å². The maximum atomic E-state index is 12.2. The standard InChI is InChI=1S/C21H22N2O3/c1-3-15-6-4-5-7-18(15)23-20(24)12-13-21-22-14-19(26-21)16-8-10-17(25-2)11-9-16/h4-11,14H,3,12-13H2,1-2H3,(H,23,24). The zero-order valence-electron chi connectivity index (χ0n) is 15.0. The van der Waals surface area contributed by atoms with Crippen molar-refractivity contribution in [3.63, 3.8) is 0 Å². The summed E-state index contributed by atoms with van der Waals surface area (Å²) < 4.78 is 10.9. The Morgan fingerprint density at radius 2 is 1.92 bits per heavy atom. The van der Waals surface area contributed by atoms with Crippen LogP contribution >= 0.6 is 0 Å². The van der Waals surface area contributed by atoms with E-state index in [4.69, 9.17) is 9.15 Å². The first-order valence-electron chi connectivity index (χ1n) is 8.66. The number of amides is 1. The van der Waals surface area contributed by atoms with Gasteiger partial charge in [-0.05, 0) is 42.3 Å². The topological polar surface area (TPSA) is 64.4 Å². The molecular formula is C21H22N2O3. The largest absolute Gasteiger partial charge is 0.497 e. The molecular weight excluding hydrogens is 328 g/mol. The van der Waals surface area contributed by atoms with Gasteiger partial charge in [0.25, 0.3) is 0 Å². The minimum atomic E-state index is -0.0462. The van der Waals surface area contributed by atoms with Gasteiger partial charge in [-0.2, -0.15) is 0 Å². The van der Waals surface area contributed by atoms with Gasteiger partial charge < -0.3 is 14.5 Å². The van der Waals surface area contributed by atoms with Gasteiger partial charge in [0.15, 0.2) is 11.7 Å². The van der Waals surface area contributed by atoms with Crippen LogP contribution in [0.3, 0.4) is 0 Å². The molecule has 0 spiro atoms. The summed E-state index contributed by atoms with van der Waals surface area (Å²) in [6.45, 7) is 2.07. The monoisotopic (exact) mass is 350 g/mol. The fourth-order valence-corrected chi connectivity index (χ4v) is 2.70. The molecule has 1 heterocycles. The Kier molecular flexibility index (Phi) is 5.69. The molecule has 0 aliphatic heterocycles. The average molecular weight is 350 g/mol. The summed E-state index contributed by atoms with van der Waals surface area (Å²) in [5.41, 5.74) is 2.91. The number of para-hydroxylation sites is 1. The molecule has 1 aromatic heterocycles. The number of hydrogen-bond donors (Lipinski definition) is 1. The number of nitrogens with zero attached hydrogens (tertiary/aromatic N) is 1. The van der Waals surface area contributed by atoms with E-state index < -0.39 is 0 Å². The first kappa shape index (κ1) is 17.7. The highest BCUT2D eigenvalue weighted by Crippen LogP contribution is 2.23. The summed E-state index contributed by atoms with van der Waals surface area (Å²) in [6, 6.07) is 15.4. The molecule has 0 aliphatic carbocycles. The Balaban J connectivity index is 1.58. The van der Waals surface area contributed by atoms with Gasteiger partial charge in [0.1, 0.15) is 5.75 Å². The molecule has 0 atom stereocenters. The number of nitrogens with one attached hydrogen (secondary N) is 1. The number of carbonyl (C=O) groups is 1. The van der Waals surface area contributed by atoms with Gasteiger partial charge in [-0.1, -0.05) is 25.1 Å². The van der Waals surface area contributed by atoms with Crippen molar-refractivity contribution >= 4 is 11.6 Å². The van der Waals surface area contributed by atoms with Crippen molar-refractivity contribution in [1.82, 2.24) is 4.98 Å². The van der Waals surface area contributed by atoms with Crippen LogP contribution in [0.4, 0.5) is 5.69 Å². The molecule has 5 nitrogen and oxygen atoms in total. The third-order valence-electron chi connectivity index (χ3n) is 4.17. The molecule has 0 radical (unpaired) electrons. The van der Waals surface area contributed by atoms with Crippen molar-refractivity contribution < 1.29 is 13.9 Å². The molecule has 134 valence electrons. The number of oxazole rings is 1. The Bertz CT molecular complexity index is 869. The summed E-state index contributed by atoms with van der Waals surface area (Å²) in [5, 5.41) is 2.96. The predicted octanol–water partition coefficient (Wildman–Crippen LogP) is 4.48. The molecule has 0 aliphatic rings. The molecule has 5 heteroatoms. The number of anilines is 1. The number of hydrogen-bond acceptors (Lipinski definition) is 4. The number of benzene rings is 2. The van der Waals surface area contributed by atoms with Gasteiger partial charge >= 0.3 is 0 Å². The number of aromatic nitrogens is 1. The minimum absolute atomic E-state index is 0.0462. The van der Waals surface area contributed by atoms with Gasteiger partial charge in [0.2, 0.25) is 5.91 Å². The Morgan fingerprint density at radius 1 is 1.15 bits per heavy atom. The van der Waals surface area contributed by atoms with E-state index in [0.29, 0.717) is 24.5 Å². The SMILES string of the molecule is CCc1ccccc1NC(=O)CCc1ncc(-c2ccc(OC)cc2)o1. The highest BCUT2D eigenvalue weighted by molar-refractivity contribution is 5.91. The van der Waals surface area contributed by atoms with Crippen molar-refractivity contribution in [3.05, 3.63) is 66.2 Å². The van der Waals surface area contributed by atoms with Crippen LogP contribution in [0.25, 0.3) is 11.3 Å². The quantitative estimate of drug-likeness (QED) is 0.682. The number of rotatable bonds is 7. The molecule has 0 unspecified atom stereocenters. The smallest absolute Gasteiger partial charge is 0.224 e. The summed E-state index contributed by atoms with van der Waals surface area (Å²) in [4.78, 5) is 16.5. The summed E-state index contributed by atoms with van der Waals surface area (Å²) in [5.74, 6) is 1.97. The highest BCUT2D eigenvalue weighted by atomic mass is 16.5. The van der Waals surface area contributed by atoms with Crippen molar-refractivity contribution in [3.8, 4) is 17.1 Å². The van der Waals surface area contributed by atoms with Crippen LogP contribution in [0.2, 0.25) is 0 Å². The molecule has 0 fully saturated rings. The van der Waals surface area contributed by atoms with E-state index in [2.05, 4.69) is 17.2 Å². The molecule has 26 heavy (non-hydrogen) atoms. The van der Waals surface area contributed by atoms with Gasteiger partial charge in [-0.25, -0.2) is 4.98 Å². The van der Waals surface area contributed by atoms with Gasteiger partial charge in [-0.15, -0.1) is 0 Å². The lowest BCUT2D eigenvalue weighted by atomic mass is 10.1. The van der Waals surface area contributed by atoms with E-state index in [9.17, 15) is 4.79 Å². The lowest BCUT2D eigenvalue weighted by molar-refractivity contribution is -0.116. The maximum absolute atomic E-state index is 12.2. The highest BCUT2D eigenvalue weighted by Gasteiger charge is 2.10. The third kappa shape index (κ3) is 4.30. The van der Waals surface area contributed by atoms with Crippen LogP contribution in [0.15, 0.2) is 59.1 Å². The molecule has 0 bridgehead atoms. The zero-order chi connectivity index (χ0) is 18.4. The summed E-state index contributed by atoms with van der Waals surface area (Å²) in [6.07, 6.45) is 3.33. The van der Waals surface area contributed by atoms with Crippen molar-refractivity contribution in [2.45, 2.75) is 26.2 Å². The van der Waals surface area contributed by atoms with Crippen LogP contribution in [-0.2, 0) is 17.6 Å². The lowest BCUT2D eigenvalue weighted by Crippen LogP contribution is -2.13. The Hall–Kier alpha value is -3.08. The van der Waals surface area contributed by atoms with Gasteiger partial charge in [-0.3, -0.25) is 4.79 Å². The second-order valence-electron chi connectivity index (χ2n) is 5.91. The number of aryl methyl sites for hydroxylation is 2. The van der Waals surface area contributed by atoms with Crippen molar-refractivity contribution in [2.75, 3.05) is 12.4 Å². The number of carbonyl (C=O) groups excluding carboxylic acids is 1. The van der Waals surface area contributed by atoms with E-state index in [0.717, 1.165) is 29.0 Å². The van der Waals surface area contributed by atoms with Crippen LogP contribution in [0.5, 0.6) is 5.75 Å². The van der Waals surface area contributed by atoms with Crippen LogP contribution in [-0.4, -0.2) is 18.0 Å². The van der Waals surface area contributed by atoms with Gasteiger partial charge in [0.05, 0.1) is 13.3 Å². The zero-order valence-corrected chi connectivity index (χ0v) is 15.0. The summed E-state index contributed by atoms with van der Waals surface area (Å²) in [7, 11) is 1.63. The maximum Gasteiger partial charge on any atom is 0.224 e. The molecule has 3 aromatic rings. The Labute approximate surface area is 153 Å². The molecule has 2 aromatic carbocycles. The van der Waals surface area contributed by atoms with E-state index >= 15 is 0 Å². The van der Waals surface area contributed by atoms with E-state index in [1.165, 1.54) is 0 Å². The fourth-order valence-electron chi connectivity index (χ4n) is 2.70. The normalized spacial score (nSPS) is 10.5. The number of ether oxygens (including phenoxy) is 1. The fraction of sp³-hybridized carbons (Fsp3) is 0.238. The predicted molar refractivity (Wildman–Crippen MR) is 101 cm³/mol. The van der Waals surface area contributed by atoms with E-state index in [1.807, 2.05) is 48.5 Å². The molecule has 0 saturated heterocycles. The molecule has 1 N–H and O–H groups in total. The molecule has 3 rings (SSSR count). The average Bonchev–Trinajstić information content (AvgIpc) is 3.16. The van der Waals surface area contributed by atoms with E-state index in [-0.39, 0.29) is 5.91 Å². The lowest BCUT2D eigenvalue weighted by Gasteiger charge is -2.08. The first-order chi connectivity index (χ1) is 12.7. The molecule has 0 saturated carbocycles. The second kappa shape index (κ2) is 8.34.